The Kier molecular flexibility index (Phi) is 7.53. The van der Waals surface area contributed by atoms with Gasteiger partial charge in [0.05, 0.1) is 19.1 Å². The first-order chi connectivity index (χ1) is 13.8. The van der Waals surface area contributed by atoms with Crippen molar-refractivity contribution in [3.63, 3.8) is 0 Å². The lowest BCUT2D eigenvalue weighted by atomic mass is 9.72. The molecule has 3 rings (SSSR count). The van der Waals surface area contributed by atoms with Crippen molar-refractivity contribution in [1.82, 2.24) is 20.0 Å². The number of hydrogen-bond donors (Lipinski definition) is 1. The molecule has 3 fully saturated rings. The Morgan fingerprint density at radius 2 is 1.93 bits per heavy atom. The van der Waals surface area contributed by atoms with Gasteiger partial charge < -0.3 is 24.6 Å². The van der Waals surface area contributed by atoms with E-state index in [2.05, 4.69) is 22.2 Å². The summed E-state index contributed by atoms with van der Waals surface area (Å²) in [6.07, 6.45) is 4.37. The van der Waals surface area contributed by atoms with Gasteiger partial charge in [0, 0.05) is 38.5 Å². The smallest absolute Gasteiger partial charge is 0.324 e. The standard InChI is InChI=1S/C21H38N4O4/c1-5-22-20(27)25(10-6-9-23(2)3)19(26)17-13-16-14-21(28-11-12-29-21)8-7-18(16)24(4)15-17/h16-18H,5-15H2,1-4H3,(H,22,27)/t16-,17-,18-/m1/s1. The average molecular weight is 411 g/mol. The molecule has 2 aliphatic heterocycles. The molecule has 0 bridgehead atoms. The summed E-state index contributed by atoms with van der Waals surface area (Å²) in [5.41, 5.74) is 0. The van der Waals surface area contributed by atoms with Crippen LogP contribution in [0.5, 0.6) is 0 Å². The van der Waals surface area contributed by atoms with Crippen LogP contribution in [0.4, 0.5) is 4.79 Å². The number of rotatable bonds is 6. The van der Waals surface area contributed by atoms with Crippen molar-refractivity contribution in [2.24, 2.45) is 11.8 Å². The zero-order valence-electron chi connectivity index (χ0n) is 18.5. The second-order valence-electron chi connectivity index (χ2n) is 9.03. The molecule has 3 aliphatic rings. The highest BCUT2D eigenvalue weighted by molar-refractivity contribution is 5.95. The van der Waals surface area contributed by atoms with Crippen LogP contribution in [0.1, 0.15) is 39.0 Å². The van der Waals surface area contributed by atoms with Crippen LogP contribution in [-0.2, 0) is 14.3 Å². The van der Waals surface area contributed by atoms with Gasteiger partial charge in [-0.05, 0) is 59.8 Å². The van der Waals surface area contributed by atoms with Gasteiger partial charge in [-0.1, -0.05) is 0 Å². The number of nitrogens with zero attached hydrogens (tertiary/aromatic N) is 3. The highest BCUT2D eigenvalue weighted by Crippen LogP contribution is 2.45. The van der Waals surface area contributed by atoms with Gasteiger partial charge in [0.2, 0.25) is 5.91 Å². The molecule has 166 valence electrons. The number of imide groups is 1. The zero-order valence-corrected chi connectivity index (χ0v) is 18.5. The first-order valence-electron chi connectivity index (χ1n) is 11.1. The van der Waals surface area contributed by atoms with E-state index >= 15 is 0 Å². The molecule has 0 radical (unpaired) electrons. The largest absolute Gasteiger partial charge is 0.348 e. The molecule has 1 spiro atoms. The maximum absolute atomic E-state index is 13.4. The SMILES string of the molecule is CCNC(=O)N(CCCN(C)C)C(=O)[C@@H]1C[C@@H]2CC3(CC[C@H]2N(C)C1)OCCO3. The van der Waals surface area contributed by atoms with Crippen molar-refractivity contribution in [2.75, 3.05) is 60.5 Å². The molecule has 29 heavy (non-hydrogen) atoms. The number of amides is 3. The summed E-state index contributed by atoms with van der Waals surface area (Å²) < 4.78 is 11.9. The summed E-state index contributed by atoms with van der Waals surface area (Å²) in [6.45, 7) is 5.71. The number of ether oxygens (including phenoxy) is 2. The molecular weight excluding hydrogens is 372 g/mol. The van der Waals surface area contributed by atoms with E-state index in [1.54, 1.807) is 0 Å². The predicted octanol–water partition coefficient (Wildman–Crippen LogP) is 1.36. The van der Waals surface area contributed by atoms with E-state index in [1.165, 1.54) is 4.90 Å². The number of carbonyl (C=O) groups is 2. The minimum atomic E-state index is -0.447. The van der Waals surface area contributed by atoms with Crippen LogP contribution in [-0.4, -0.2) is 99.0 Å². The number of nitrogens with one attached hydrogen (secondary N) is 1. The van der Waals surface area contributed by atoms with E-state index < -0.39 is 5.79 Å². The van der Waals surface area contributed by atoms with Crippen molar-refractivity contribution < 1.29 is 19.1 Å². The lowest BCUT2D eigenvalue weighted by Gasteiger charge is -2.49. The van der Waals surface area contributed by atoms with Gasteiger partial charge in [0.15, 0.2) is 5.79 Å². The van der Waals surface area contributed by atoms with Gasteiger partial charge in [0.1, 0.15) is 0 Å². The summed E-state index contributed by atoms with van der Waals surface area (Å²) in [7, 11) is 6.11. The third-order valence-electron chi connectivity index (χ3n) is 6.59. The Hall–Kier alpha value is -1.22. The summed E-state index contributed by atoms with van der Waals surface area (Å²) in [6, 6.07) is 0.188. The molecule has 1 saturated carbocycles. The molecule has 0 aromatic heterocycles. The van der Waals surface area contributed by atoms with Crippen LogP contribution >= 0.6 is 0 Å². The monoisotopic (exact) mass is 410 g/mol. The molecule has 0 aromatic carbocycles. The molecule has 3 amide bonds. The summed E-state index contributed by atoms with van der Waals surface area (Å²) in [4.78, 5) is 31.8. The predicted molar refractivity (Wildman–Crippen MR) is 110 cm³/mol. The minimum absolute atomic E-state index is 0.0483. The van der Waals surface area contributed by atoms with E-state index in [1.807, 2.05) is 21.0 Å². The first-order valence-corrected chi connectivity index (χ1v) is 11.1. The van der Waals surface area contributed by atoms with Gasteiger partial charge >= 0.3 is 6.03 Å². The molecule has 1 aliphatic carbocycles. The van der Waals surface area contributed by atoms with Crippen LogP contribution in [0.3, 0.4) is 0 Å². The highest BCUT2D eigenvalue weighted by atomic mass is 16.7. The fourth-order valence-corrected chi connectivity index (χ4v) is 5.25. The number of likely N-dealkylation sites (tertiary alicyclic amines) is 1. The highest BCUT2D eigenvalue weighted by Gasteiger charge is 2.49. The molecule has 8 nitrogen and oxygen atoms in total. The fourth-order valence-electron chi connectivity index (χ4n) is 5.25. The summed E-state index contributed by atoms with van der Waals surface area (Å²) in [5, 5.41) is 2.81. The summed E-state index contributed by atoms with van der Waals surface area (Å²) >= 11 is 0. The maximum Gasteiger partial charge on any atom is 0.324 e. The number of fused-ring (bicyclic) bond motifs is 1. The molecule has 0 aromatic rings. The number of urea groups is 1. The van der Waals surface area contributed by atoms with E-state index in [0.29, 0.717) is 44.8 Å². The lowest BCUT2D eigenvalue weighted by Crippen LogP contribution is -2.57. The van der Waals surface area contributed by atoms with Crippen molar-refractivity contribution in [2.45, 2.75) is 50.9 Å². The van der Waals surface area contributed by atoms with Gasteiger partial charge in [-0.2, -0.15) is 0 Å². The molecule has 1 N–H and O–H groups in total. The topological polar surface area (TPSA) is 74.4 Å². The van der Waals surface area contributed by atoms with Gasteiger partial charge in [-0.25, -0.2) is 4.79 Å². The van der Waals surface area contributed by atoms with E-state index in [4.69, 9.17) is 9.47 Å². The van der Waals surface area contributed by atoms with Crippen molar-refractivity contribution in [1.29, 1.82) is 0 Å². The zero-order chi connectivity index (χ0) is 21.0. The first kappa shape index (κ1) is 22.5. The Morgan fingerprint density at radius 3 is 2.59 bits per heavy atom. The Bertz CT molecular complexity index is 579. The Balaban J connectivity index is 1.67. The molecular formula is C21H38N4O4. The molecule has 2 saturated heterocycles. The second kappa shape index (κ2) is 9.73. The van der Waals surface area contributed by atoms with Crippen molar-refractivity contribution >= 4 is 11.9 Å². The molecule has 2 heterocycles. The molecule has 8 heteroatoms. The third-order valence-corrected chi connectivity index (χ3v) is 6.59. The average Bonchev–Trinajstić information content (AvgIpc) is 3.11. The van der Waals surface area contributed by atoms with Gasteiger partial charge in [-0.3, -0.25) is 9.69 Å². The maximum atomic E-state index is 13.4. The second-order valence-corrected chi connectivity index (χ2v) is 9.03. The van der Waals surface area contributed by atoms with E-state index in [-0.39, 0.29) is 17.9 Å². The van der Waals surface area contributed by atoms with E-state index in [0.717, 1.165) is 38.6 Å². The van der Waals surface area contributed by atoms with Crippen LogP contribution in [0.15, 0.2) is 0 Å². The minimum Gasteiger partial charge on any atom is -0.348 e. The van der Waals surface area contributed by atoms with Crippen LogP contribution in [0.2, 0.25) is 0 Å². The number of hydrogen-bond acceptors (Lipinski definition) is 6. The quantitative estimate of drug-likeness (QED) is 0.713. The number of piperidine rings is 1. The van der Waals surface area contributed by atoms with Crippen molar-refractivity contribution in [3.8, 4) is 0 Å². The van der Waals surface area contributed by atoms with Gasteiger partial charge in [-0.15, -0.1) is 0 Å². The normalized spacial score (nSPS) is 29.1. The summed E-state index contributed by atoms with van der Waals surface area (Å²) in [5.74, 6) is -0.308. The third kappa shape index (κ3) is 5.29. The van der Waals surface area contributed by atoms with Crippen LogP contribution < -0.4 is 5.32 Å². The van der Waals surface area contributed by atoms with E-state index in [9.17, 15) is 9.59 Å². The van der Waals surface area contributed by atoms with Gasteiger partial charge in [0.25, 0.3) is 0 Å². The van der Waals surface area contributed by atoms with Crippen molar-refractivity contribution in [3.05, 3.63) is 0 Å². The Labute approximate surface area is 174 Å². The molecule has 3 atom stereocenters. The van der Waals surface area contributed by atoms with Crippen LogP contribution in [0, 0.1) is 11.8 Å². The fraction of sp³-hybridized carbons (Fsp3) is 0.905. The Morgan fingerprint density at radius 1 is 1.21 bits per heavy atom. The number of carbonyl (C=O) groups excluding carboxylic acids is 2. The molecule has 0 unspecified atom stereocenters. The lowest BCUT2D eigenvalue weighted by molar-refractivity contribution is -0.202. The van der Waals surface area contributed by atoms with Crippen LogP contribution in [0.25, 0.3) is 0 Å².